The zero-order valence-electron chi connectivity index (χ0n) is 14.1. The second-order valence-corrected chi connectivity index (χ2v) is 6.64. The third-order valence-electron chi connectivity index (χ3n) is 5.20. The lowest BCUT2D eigenvalue weighted by Crippen LogP contribution is -2.23. The van der Waals surface area contributed by atoms with E-state index < -0.39 is 0 Å². The summed E-state index contributed by atoms with van der Waals surface area (Å²) in [4.78, 5) is 7.12. The highest BCUT2D eigenvalue weighted by atomic mass is 15.2. The lowest BCUT2D eigenvalue weighted by atomic mass is 9.98. The molecule has 24 heavy (non-hydrogen) atoms. The third-order valence-corrected chi connectivity index (χ3v) is 5.20. The highest BCUT2D eigenvalue weighted by Gasteiger charge is 2.19. The maximum absolute atomic E-state index is 6.09. The van der Waals surface area contributed by atoms with E-state index in [0.29, 0.717) is 6.04 Å². The van der Waals surface area contributed by atoms with Gasteiger partial charge < -0.3 is 5.73 Å². The Morgan fingerprint density at radius 3 is 2.50 bits per heavy atom. The largest absolute Gasteiger partial charge is 0.398 e. The molecule has 1 aliphatic rings. The van der Waals surface area contributed by atoms with Crippen molar-refractivity contribution in [1.82, 2.24) is 9.88 Å². The molecule has 122 valence electrons. The average molecular weight is 317 g/mol. The normalized spacial score (nSPS) is 16.5. The Hall–Kier alpha value is -2.39. The maximum Gasteiger partial charge on any atom is 0.0800 e. The molecule has 4 rings (SSSR count). The van der Waals surface area contributed by atoms with E-state index in [-0.39, 0.29) is 0 Å². The van der Waals surface area contributed by atoms with Gasteiger partial charge in [-0.25, -0.2) is 0 Å². The van der Waals surface area contributed by atoms with Gasteiger partial charge in [-0.2, -0.15) is 0 Å². The number of aromatic nitrogens is 1. The molecule has 1 aliphatic heterocycles. The maximum atomic E-state index is 6.09. The van der Waals surface area contributed by atoms with Crippen LogP contribution < -0.4 is 5.73 Å². The highest BCUT2D eigenvalue weighted by Crippen LogP contribution is 2.31. The summed E-state index contributed by atoms with van der Waals surface area (Å²) in [5.41, 5.74) is 11.6. The van der Waals surface area contributed by atoms with Crippen LogP contribution in [0.5, 0.6) is 0 Å². The van der Waals surface area contributed by atoms with Crippen LogP contribution in [0, 0.1) is 0 Å². The van der Waals surface area contributed by atoms with Crippen molar-refractivity contribution in [3.05, 3.63) is 60.3 Å². The number of nitrogen functional groups attached to an aromatic ring is 1. The first-order valence-electron chi connectivity index (χ1n) is 8.71. The lowest BCUT2D eigenvalue weighted by molar-refractivity contribution is 0.263. The van der Waals surface area contributed by atoms with E-state index in [2.05, 4.69) is 53.2 Å². The average Bonchev–Trinajstić information content (AvgIpc) is 3.16. The lowest BCUT2D eigenvalue weighted by Gasteiger charge is -2.24. The Morgan fingerprint density at radius 2 is 1.75 bits per heavy atom. The summed E-state index contributed by atoms with van der Waals surface area (Å²) in [5.74, 6) is 0. The minimum absolute atomic E-state index is 0.489. The van der Waals surface area contributed by atoms with Crippen LogP contribution in [0.25, 0.3) is 22.0 Å². The van der Waals surface area contributed by atoms with Gasteiger partial charge in [-0.15, -0.1) is 0 Å². The van der Waals surface area contributed by atoms with Crippen LogP contribution in [0.3, 0.4) is 0 Å². The summed E-state index contributed by atoms with van der Waals surface area (Å²) in [6.45, 7) is 4.74. The van der Waals surface area contributed by atoms with Crippen molar-refractivity contribution in [2.24, 2.45) is 0 Å². The van der Waals surface area contributed by atoms with E-state index >= 15 is 0 Å². The number of nitrogens with two attached hydrogens (primary N) is 1. The minimum atomic E-state index is 0.489. The minimum Gasteiger partial charge on any atom is -0.398 e. The number of hydrogen-bond donors (Lipinski definition) is 1. The van der Waals surface area contributed by atoms with Crippen LogP contribution in [-0.2, 0) is 0 Å². The second kappa shape index (κ2) is 6.25. The molecule has 0 saturated carbocycles. The van der Waals surface area contributed by atoms with Gasteiger partial charge in [-0.05, 0) is 50.0 Å². The molecule has 0 spiro atoms. The fourth-order valence-corrected chi connectivity index (χ4v) is 3.71. The predicted molar refractivity (Wildman–Crippen MR) is 101 cm³/mol. The third kappa shape index (κ3) is 2.65. The molecule has 0 amide bonds. The Kier molecular flexibility index (Phi) is 3.95. The van der Waals surface area contributed by atoms with Crippen molar-refractivity contribution < 1.29 is 0 Å². The molecule has 1 saturated heterocycles. The van der Waals surface area contributed by atoms with Gasteiger partial charge in [0.1, 0.15) is 0 Å². The van der Waals surface area contributed by atoms with Crippen molar-refractivity contribution in [3.8, 4) is 11.1 Å². The SMILES string of the molecule is C[C@@H](c1ccc(-c2cccc3c(N)ccnc23)cc1)N1CCCC1. The molecule has 0 unspecified atom stereocenters. The molecule has 3 nitrogen and oxygen atoms in total. The topological polar surface area (TPSA) is 42.1 Å². The van der Waals surface area contributed by atoms with Gasteiger partial charge >= 0.3 is 0 Å². The summed E-state index contributed by atoms with van der Waals surface area (Å²) >= 11 is 0. The van der Waals surface area contributed by atoms with E-state index in [0.717, 1.165) is 22.2 Å². The van der Waals surface area contributed by atoms with Crippen molar-refractivity contribution in [3.63, 3.8) is 0 Å². The summed E-state index contributed by atoms with van der Waals surface area (Å²) in [6.07, 6.45) is 4.43. The van der Waals surface area contributed by atoms with E-state index in [4.69, 9.17) is 5.73 Å². The van der Waals surface area contributed by atoms with Crippen LogP contribution >= 0.6 is 0 Å². The number of rotatable bonds is 3. The number of hydrogen-bond acceptors (Lipinski definition) is 3. The monoisotopic (exact) mass is 317 g/mol. The van der Waals surface area contributed by atoms with Gasteiger partial charge in [0.05, 0.1) is 5.52 Å². The molecule has 2 N–H and O–H groups in total. The molecule has 1 aromatic heterocycles. The zero-order chi connectivity index (χ0) is 16.5. The number of likely N-dealkylation sites (tertiary alicyclic amines) is 1. The molecule has 1 atom stereocenters. The molecule has 3 heteroatoms. The van der Waals surface area contributed by atoms with Crippen molar-refractivity contribution in [2.45, 2.75) is 25.8 Å². The van der Waals surface area contributed by atoms with Crippen LogP contribution in [-0.4, -0.2) is 23.0 Å². The molecule has 0 radical (unpaired) electrons. The number of fused-ring (bicyclic) bond motifs is 1. The van der Waals surface area contributed by atoms with E-state index in [1.54, 1.807) is 6.20 Å². The first kappa shape index (κ1) is 15.2. The summed E-state index contributed by atoms with van der Waals surface area (Å²) < 4.78 is 0. The molecule has 2 heterocycles. The molecule has 1 fully saturated rings. The van der Waals surface area contributed by atoms with E-state index in [9.17, 15) is 0 Å². The van der Waals surface area contributed by atoms with Crippen molar-refractivity contribution in [2.75, 3.05) is 18.8 Å². The fourth-order valence-electron chi connectivity index (χ4n) is 3.71. The van der Waals surface area contributed by atoms with E-state index in [1.807, 2.05) is 12.1 Å². The standard InChI is InChI=1S/C21H23N3/c1-15(24-13-2-3-14-24)16-7-9-17(10-8-16)18-5-4-6-19-20(22)11-12-23-21(18)19/h4-12,15H,2-3,13-14H2,1H3,(H2,22,23)/t15-/m0/s1. The first-order chi connectivity index (χ1) is 11.7. The highest BCUT2D eigenvalue weighted by molar-refractivity contribution is 5.99. The summed E-state index contributed by atoms with van der Waals surface area (Å²) in [6, 6.07) is 17.5. The molecule has 3 aromatic rings. The quantitative estimate of drug-likeness (QED) is 0.765. The zero-order valence-corrected chi connectivity index (χ0v) is 14.1. The van der Waals surface area contributed by atoms with Crippen LogP contribution in [0.2, 0.25) is 0 Å². The van der Waals surface area contributed by atoms with Gasteiger partial charge in [-0.1, -0.05) is 42.5 Å². The Labute approximate surface area is 143 Å². The van der Waals surface area contributed by atoms with Crippen LogP contribution in [0.1, 0.15) is 31.4 Å². The Balaban J connectivity index is 1.69. The number of pyridine rings is 1. The van der Waals surface area contributed by atoms with Crippen LogP contribution in [0.4, 0.5) is 5.69 Å². The number of benzene rings is 2. The van der Waals surface area contributed by atoms with E-state index in [1.165, 1.54) is 37.1 Å². The summed E-state index contributed by atoms with van der Waals surface area (Å²) in [5, 5.41) is 1.02. The van der Waals surface area contributed by atoms with Gasteiger partial charge in [0.25, 0.3) is 0 Å². The van der Waals surface area contributed by atoms with Gasteiger partial charge in [-0.3, -0.25) is 9.88 Å². The smallest absolute Gasteiger partial charge is 0.0800 e. The number of para-hydroxylation sites is 1. The van der Waals surface area contributed by atoms with Gasteiger partial charge in [0, 0.05) is 28.9 Å². The Bertz CT molecular complexity index is 849. The van der Waals surface area contributed by atoms with Crippen molar-refractivity contribution in [1.29, 1.82) is 0 Å². The Morgan fingerprint density at radius 1 is 1.00 bits per heavy atom. The predicted octanol–water partition coefficient (Wildman–Crippen LogP) is 4.64. The molecule has 0 aliphatic carbocycles. The molecule has 0 bridgehead atoms. The van der Waals surface area contributed by atoms with Crippen molar-refractivity contribution >= 4 is 16.6 Å². The molecule has 2 aromatic carbocycles. The van der Waals surface area contributed by atoms with Gasteiger partial charge in [0.2, 0.25) is 0 Å². The number of anilines is 1. The fraction of sp³-hybridized carbons (Fsp3) is 0.286. The molecular formula is C21H23N3. The van der Waals surface area contributed by atoms with Gasteiger partial charge in [0.15, 0.2) is 0 Å². The number of nitrogens with zero attached hydrogens (tertiary/aromatic N) is 2. The first-order valence-corrected chi connectivity index (χ1v) is 8.71. The van der Waals surface area contributed by atoms with Crippen LogP contribution in [0.15, 0.2) is 54.7 Å². The summed E-state index contributed by atoms with van der Waals surface area (Å²) in [7, 11) is 0. The molecular weight excluding hydrogens is 294 g/mol. The second-order valence-electron chi connectivity index (χ2n) is 6.64.